The lowest BCUT2D eigenvalue weighted by Crippen LogP contribution is -2.36. The third kappa shape index (κ3) is 3.78. The molecule has 2 aliphatic rings. The van der Waals surface area contributed by atoms with E-state index in [0.29, 0.717) is 6.42 Å². The third-order valence-corrected chi connectivity index (χ3v) is 7.57. The second-order valence-corrected chi connectivity index (χ2v) is 9.50. The molecule has 7 heteroatoms. The van der Waals surface area contributed by atoms with Crippen LogP contribution in [-0.4, -0.2) is 52.6 Å². The smallest absolute Gasteiger partial charge is 0.228 e. The average Bonchev–Trinajstić information content (AvgIpc) is 3.06. The molecule has 1 saturated heterocycles. The van der Waals surface area contributed by atoms with Crippen LogP contribution in [0.25, 0.3) is 10.9 Å². The number of fused-ring (bicyclic) bond motifs is 2. The standard InChI is InChI=1S/C26H33N5O2/c1-16-20-9-11-24(32)30(4)26(20)28-25(27-16)18-7-6-12-31(14-18)15-22-17(2)29(3)23-10-8-19(33-5)13-21(22)23/h8,10,13,18H,6-7,9,11-12,14-15H2,1-5H3/t18-/m1/s1. The van der Waals surface area contributed by atoms with Gasteiger partial charge in [-0.05, 0) is 63.4 Å². The zero-order chi connectivity index (χ0) is 23.3. The lowest BCUT2D eigenvalue weighted by Gasteiger charge is -2.33. The molecule has 0 bridgehead atoms. The van der Waals surface area contributed by atoms with Gasteiger partial charge in [0, 0.05) is 67.4 Å². The van der Waals surface area contributed by atoms with Crippen molar-refractivity contribution in [2.45, 2.75) is 52.0 Å². The highest BCUT2D eigenvalue weighted by atomic mass is 16.5. The minimum atomic E-state index is 0.138. The molecule has 5 rings (SSSR count). The van der Waals surface area contributed by atoms with Crippen molar-refractivity contribution in [1.29, 1.82) is 0 Å². The SMILES string of the molecule is COc1ccc2c(c1)c(CN1CCC[C@@H](c3nc(C)c4c(n3)N(C)C(=O)CC4)C1)c(C)n2C. The molecule has 1 amide bonds. The lowest BCUT2D eigenvalue weighted by atomic mass is 9.95. The number of aryl methyl sites for hydroxylation is 2. The summed E-state index contributed by atoms with van der Waals surface area (Å²) in [6.07, 6.45) is 3.48. The number of nitrogens with zero attached hydrogens (tertiary/aromatic N) is 5. The maximum absolute atomic E-state index is 12.2. The average molecular weight is 448 g/mol. The topological polar surface area (TPSA) is 63.5 Å². The third-order valence-electron chi connectivity index (χ3n) is 7.57. The number of piperidine rings is 1. The van der Waals surface area contributed by atoms with Crippen LogP contribution in [0.2, 0.25) is 0 Å². The first-order valence-corrected chi connectivity index (χ1v) is 11.9. The first kappa shape index (κ1) is 21.9. The summed E-state index contributed by atoms with van der Waals surface area (Å²) in [6.45, 7) is 7.15. The predicted molar refractivity (Wildman–Crippen MR) is 130 cm³/mol. The molecule has 33 heavy (non-hydrogen) atoms. The van der Waals surface area contributed by atoms with Crippen molar-refractivity contribution in [3.63, 3.8) is 0 Å². The Labute approximate surface area is 195 Å². The van der Waals surface area contributed by atoms with Crippen LogP contribution in [-0.2, 0) is 24.8 Å². The van der Waals surface area contributed by atoms with Crippen LogP contribution < -0.4 is 9.64 Å². The summed E-state index contributed by atoms with van der Waals surface area (Å²) in [7, 11) is 5.69. The second-order valence-electron chi connectivity index (χ2n) is 9.50. The van der Waals surface area contributed by atoms with Crippen LogP contribution in [0.3, 0.4) is 0 Å². The van der Waals surface area contributed by atoms with Crippen molar-refractivity contribution in [2.75, 3.05) is 32.1 Å². The van der Waals surface area contributed by atoms with Gasteiger partial charge in [0.2, 0.25) is 5.91 Å². The van der Waals surface area contributed by atoms with Crippen LogP contribution in [0, 0.1) is 13.8 Å². The Kier molecular flexibility index (Phi) is 5.60. The first-order chi connectivity index (χ1) is 15.9. The minimum absolute atomic E-state index is 0.138. The van der Waals surface area contributed by atoms with E-state index < -0.39 is 0 Å². The molecule has 7 nitrogen and oxygen atoms in total. The van der Waals surface area contributed by atoms with Crippen LogP contribution in [0.1, 0.15) is 53.5 Å². The van der Waals surface area contributed by atoms with Gasteiger partial charge in [0.15, 0.2) is 0 Å². The summed E-state index contributed by atoms with van der Waals surface area (Å²) in [6, 6.07) is 6.33. The molecule has 2 aliphatic heterocycles. The maximum atomic E-state index is 12.2. The largest absolute Gasteiger partial charge is 0.497 e. The van der Waals surface area contributed by atoms with Gasteiger partial charge in [-0.2, -0.15) is 0 Å². The Morgan fingerprint density at radius 2 is 1.97 bits per heavy atom. The summed E-state index contributed by atoms with van der Waals surface area (Å²) >= 11 is 0. The van der Waals surface area contributed by atoms with Gasteiger partial charge in [-0.3, -0.25) is 14.6 Å². The van der Waals surface area contributed by atoms with Gasteiger partial charge in [0.05, 0.1) is 7.11 Å². The molecule has 2 aromatic heterocycles. The van der Waals surface area contributed by atoms with Crippen molar-refractivity contribution in [3.05, 3.63) is 46.5 Å². The fraction of sp³-hybridized carbons (Fsp3) is 0.500. The van der Waals surface area contributed by atoms with Crippen molar-refractivity contribution >= 4 is 22.6 Å². The molecular weight excluding hydrogens is 414 g/mol. The van der Waals surface area contributed by atoms with Gasteiger partial charge < -0.3 is 9.30 Å². The van der Waals surface area contributed by atoms with Crippen molar-refractivity contribution < 1.29 is 9.53 Å². The number of likely N-dealkylation sites (tertiary alicyclic amines) is 1. The number of carbonyl (C=O) groups excluding carboxylic acids is 1. The number of benzene rings is 1. The number of aromatic nitrogens is 3. The molecule has 3 aromatic rings. The molecule has 1 aromatic carbocycles. The van der Waals surface area contributed by atoms with Gasteiger partial charge in [-0.25, -0.2) is 9.97 Å². The quantitative estimate of drug-likeness (QED) is 0.607. The summed E-state index contributed by atoms with van der Waals surface area (Å²) in [5.41, 5.74) is 6.02. The van der Waals surface area contributed by atoms with Crippen LogP contribution >= 0.6 is 0 Å². The molecule has 0 saturated carbocycles. The Morgan fingerprint density at radius 1 is 1.15 bits per heavy atom. The van der Waals surface area contributed by atoms with E-state index in [-0.39, 0.29) is 11.8 Å². The highest BCUT2D eigenvalue weighted by molar-refractivity contribution is 5.94. The molecule has 0 spiro atoms. The molecular formula is C26H33N5O2. The van der Waals surface area contributed by atoms with E-state index in [1.54, 1.807) is 12.0 Å². The molecule has 4 heterocycles. The van der Waals surface area contributed by atoms with Gasteiger partial charge in [-0.15, -0.1) is 0 Å². The maximum Gasteiger partial charge on any atom is 0.228 e. The molecule has 0 unspecified atom stereocenters. The van der Waals surface area contributed by atoms with E-state index in [9.17, 15) is 4.79 Å². The number of methoxy groups -OCH3 is 1. The van der Waals surface area contributed by atoms with Crippen LogP contribution in [0.15, 0.2) is 18.2 Å². The van der Waals surface area contributed by atoms with Crippen LogP contribution in [0.5, 0.6) is 5.75 Å². The number of hydrogen-bond acceptors (Lipinski definition) is 5. The predicted octanol–water partition coefficient (Wildman–Crippen LogP) is 3.88. The van der Waals surface area contributed by atoms with Crippen molar-refractivity contribution in [3.8, 4) is 5.75 Å². The summed E-state index contributed by atoms with van der Waals surface area (Å²) < 4.78 is 7.77. The van der Waals surface area contributed by atoms with Crippen molar-refractivity contribution in [1.82, 2.24) is 19.4 Å². The highest BCUT2D eigenvalue weighted by Crippen LogP contribution is 2.34. The van der Waals surface area contributed by atoms with Crippen LogP contribution in [0.4, 0.5) is 5.82 Å². The lowest BCUT2D eigenvalue weighted by molar-refractivity contribution is -0.118. The Hall–Kier alpha value is -2.93. The van der Waals surface area contributed by atoms with E-state index in [0.717, 1.165) is 67.5 Å². The van der Waals surface area contributed by atoms with E-state index in [1.807, 2.05) is 13.1 Å². The van der Waals surface area contributed by atoms with E-state index in [4.69, 9.17) is 14.7 Å². The minimum Gasteiger partial charge on any atom is -0.497 e. The van der Waals surface area contributed by atoms with Gasteiger partial charge >= 0.3 is 0 Å². The normalized spacial score (nSPS) is 19.2. The Balaban J connectivity index is 1.42. The zero-order valence-electron chi connectivity index (χ0n) is 20.3. The monoisotopic (exact) mass is 447 g/mol. The summed E-state index contributed by atoms with van der Waals surface area (Å²) in [5.74, 6) is 3.00. The summed E-state index contributed by atoms with van der Waals surface area (Å²) in [5, 5.41) is 1.26. The molecule has 0 aliphatic carbocycles. The number of rotatable bonds is 4. The molecule has 0 radical (unpaired) electrons. The van der Waals surface area contributed by atoms with Crippen molar-refractivity contribution in [2.24, 2.45) is 7.05 Å². The van der Waals surface area contributed by atoms with E-state index in [2.05, 4.69) is 42.5 Å². The zero-order valence-corrected chi connectivity index (χ0v) is 20.3. The summed E-state index contributed by atoms with van der Waals surface area (Å²) in [4.78, 5) is 26.3. The molecule has 1 atom stereocenters. The Bertz CT molecular complexity index is 1230. The highest BCUT2D eigenvalue weighted by Gasteiger charge is 2.29. The number of anilines is 1. The van der Waals surface area contributed by atoms with Gasteiger partial charge in [-0.1, -0.05) is 0 Å². The molecule has 1 fully saturated rings. The fourth-order valence-electron chi connectivity index (χ4n) is 5.46. The first-order valence-electron chi connectivity index (χ1n) is 11.9. The fourth-order valence-corrected chi connectivity index (χ4v) is 5.46. The number of hydrogen-bond donors (Lipinski definition) is 0. The van der Waals surface area contributed by atoms with Gasteiger partial charge in [0.1, 0.15) is 17.4 Å². The van der Waals surface area contributed by atoms with E-state index >= 15 is 0 Å². The number of ether oxygens (including phenoxy) is 1. The Morgan fingerprint density at radius 3 is 2.76 bits per heavy atom. The van der Waals surface area contributed by atoms with E-state index in [1.165, 1.54) is 22.2 Å². The van der Waals surface area contributed by atoms with Gasteiger partial charge in [0.25, 0.3) is 0 Å². The molecule has 0 N–H and O–H groups in total. The number of amides is 1. The second kappa shape index (κ2) is 8.45. The molecule has 174 valence electrons. The number of carbonyl (C=O) groups is 1.